The summed E-state index contributed by atoms with van der Waals surface area (Å²) in [5.41, 5.74) is -0.683. The molecule has 96 valence electrons. The third kappa shape index (κ3) is 2.33. The number of hydrogen-bond donors (Lipinski definition) is 0. The summed E-state index contributed by atoms with van der Waals surface area (Å²) < 4.78 is 38.9. The van der Waals surface area contributed by atoms with Crippen LogP contribution in [0.2, 0.25) is 10.0 Å². The third-order valence-corrected chi connectivity index (χ3v) is 2.96. The molecule has 1 aromatic heterocycles. The van der Waals surface area contributed by atoms with Crippen molar-refractivity contribution in [3.63, 3.8) is 0 Å². The molecule has 0 saturated heterocycles. The lowest BCUT2D eigenvalue weighted by Crippen LogP contribution is -2.05. The van der Waals surface area contributed by atoms with E-state index in [1.807, 2.05) is 0 Å². The molecule has 0 N–H and O–H groups in total. The third-order valence-electron chi connectivity index (χ3n) is 2.35. The molecule has 1 heterocycles. The summed E-state index contributed by atoms with van der Waals surface area (Å²) in [7, 11) is 0. The zero-order valence-electron chi connectivity index (χ0n) is 9.09. The first-order valence-corrected chi connectivity index (χ1v) is 5.64. The first-order valence-electron chi connectivity index (χ1n) is 4.88. The highest BCUT2D eigenvalue weighted by atomic mass is 35.5. The van der Waals surface area contributed by atoms with Gasteiger partial charge in [-0.3, -0.25) is 0 Å². The molecule has 2 aromatic rings. The van der Waals surface area contributed by atoms with Crippen molar-refractivity contribution >= 4 is 23.2 Å². The van der Waals surface area contributed by atoms with Crippen LogP contribution in [0, 0.1) is 6.92 Å². The SMILES string of the molecule is Cc1nc(C(F)(F)F)cn1-c1c(Cl)cccc1Cl. The van der Waals surface area contributed by atoms with Gasteiger partial charge in [0.1, 0.15) is 5.82 Å². The maximum atomic E-state index is 12.6. The van der Waals surface area contributed by atoms with Crippen molar-refractivity contribution in [3.8, 4) is 5.69 Å². The predicted molar refractivity (Wildman–Crippen MR) is 63.3 cm³/mol. The number of benzene rings is 1. The van der Waals surface area contributed by atoms with E-state index in [0.29, 0.717) is 5.69 Å². The van der Waals surface area contributed by atoms with Gasteiger partial charge in [0.25, 0.3) is 0 Å². The van der Waals surface area contributed by atoms with Crippen LogP contribution in [0.5, 0.6) is 0 Å². The molecule has 7 heteroatoms. The van der Waals surface area contributed by atoms with Crippen molar-refractivity contribution < 1.29 is 13.2 Å². The maximum absolute atomic E-state index is 12.6. The number of nitrogens with zero attached hydrogens (tertiary/aromatic N) is 2. The molecule has 0 atom stereocenters. The van der Waals surface area contributed by atoms with Crippen molar-refractivity contribution in [1.82, 2.24) is 9.55 Å². The molecule has 0 aliphatic heterocycles. The quantitative estimate of drug-likeness (QED) is 0.757. The average molecular weight is 295 g/mol. The van der Waals surface area contributed by atoms with Gasteiger partial charge in [0.2, 0.25) is 0 Å². The van der Waals surface area contributed by atoms with Crippen LogP contribution in [0.1, 0.15) is 11.5 Å². The van der Waals surface area contributed by atoms with E-state index in [1.165, 1.54) is 11.5 Å². The van der Waals surface area contributed by atoms with Gasteiger partial charge in [0.15, 0.2) is 5.69 Å². The fourth-order valence-corrected chi connectivity index (χ4v) is 2.13. The molecular formula is C11H7Cl2F3N2. The number of rotatable bonds is 1. The summed E-state index contributed by atoms with van der Waals surface area (Å²) in [6.07, 6.45) is -3.62. The van der Waals surface area contributed by atoms with Crippen molar-refractivity contribution in [2.75, 3.05) is 0 Å². The summed E-state index contributed by atoms with van der Waals surface area (Å²) in [6.45, 7) is 1.45. The fourth-order valence-electron chi connectivity index (χ4n) is 1.55. The molecule has 0 unspecified atom stereocenters. The zero-order chi connectivity index (χ0) is 13.5. The molecule has 0 aliphatic rings. The minimum atomic E-state index is -4.50. The summed E-state index contributed by atoms with van der Waals surface area (Å²) in [4.78, 5) is 3.46. The molecule has 2 nitrogen and oxygen atoms in total. The lowest BCUT2D eigenvalue weighted by atomic mass is 10.3. The van der Waals surface area contributed by atoms with Crippen molar-refractivity contribution in [3.05, 3.63) is 46.0 Å². The van der Waals surface area contributed by atoms with E-state index in [1.54, 1.807) is 18.2 Å². The van der Waals surface area contributed by atoms with E-state index in [4.69, 9.17) is 23.2 Å². The Labute approximate surface area is 111 Å². The number of imidazole rings is 1. The molecular weight excluding hydrogens is 288 g/mol. The molecule has 0 radical (unpaired) electrons. The summed E-state index contributed by atoms with van der Waals surface area (Å²) in [5, 5.41) is 0.522. The van der Waals surface area contributed by atoms with Gasteiger partial charge in [-0.25, -0.2) is 4.98 Å². The van der Waals surface area contributed by atoms with Crippen LogP contribution < -0.4 is 0 Å². The van der Waals surface area contributed by atoms with Crippen molar-refractivity contribution in [1.29, 1.82) is 0 Å². The van der Waals surface area contributed by atoms with E-state index >= 15 is 0 Å². The van der Waals surface area contributed by atoms with Gasteiger partial charge in [0.05, 0.1) is 15.7 Å². The van der Waals surface area contributed by atoms with Gasteiger partial charge < -0.3 is 4.57 Å². The lowest BCUT2D eigenvalue weighted by molar-refractivity contribution is -0.141. The second kappa shape index (κ2) is 4.48. The van der Waals surface area contributed by atoms with Crippen LogP contribution in [0.4, 0.5) is 13.2 Å². The number of aryl methyl sites for hydroxylation is 1. The Bertz CT molecular complexity index is 570. The Balaban J connectivity index is 2.62. The Hall–Kier alpha value is -1.20. The van der Waals surface area contributed by atoms with Crippen molar-refractivity contribution in [2.24, 2.45) is 0 Å². The topological polar surface area (TPSA) is 17.8 Å². The second-order valence-electron chi connectivity index (χ2n) is 3.61. The monoisotopic (exact) mass is 294 g/mol. The van der Waals surface area contributed by atoms with E-state index in [-0.39, 0.29) is 15.9 Å². The summed E-state index contributed by atoms with van der Waals surface area (Å²) in [6, 6.07) is 4.72. The van der Waals surface area contributed by atoms with Crippen LogP contribution in [0.3, 0.4) is 0 Å². The first kappa shape index (κ1) is 13.2. The highest BCUT2D eigenvalue weighted by Gasteiger charge is 2.34. The second-order valence-corrected chi connectivity index (χ2v) is 4.43. The van der Waals surface area contributed by atoms with Crippen LogP contribution in [0.15, 0.2) is 24.4 Å². The Morgan fingerprint density at radius 2 is 1.72 bits per heavy atom. The van der Waals surface area contributed by atoms with Gasteiger partial charge >= 0.3 is 6.18 Å². The average Bonchev–Trinajstić information content (AvgIpc) is 2.60. The molecule has 2 rings (SSSR count). The Kier molecular flexibility index (Phi) is 3.29. The first-order chi connectivity index (χ1) is 8.30. The van der Waals surface area contributed by atoms with E-state index in [9.17, 15) is 13.2 Å². The van der Waals surface area contributed by atoms with Gasteiger partial charge in [-0.2, -0.15) is 13.2 Å². The number of alkyl halides is 3. The van der Waals surface area contributed by atoms with Crippen LogP contribution >= 0.6 is 23.2 Å². The van der Waals surface area contributed by atoms with Gasteiger partial charge in [0, 0.05) is 6.20 Å². The predicted octanol–water partition coefficient (Wildman–Crippen LogP) is 4.51. The number of aromatic nitrogens is 2. The largest absolute Gasteiger partial charge is 0.434 e. The van der Waals surface area contributed by atoms with Gasteiger partial charge in [-0.05, 0) is 19.1 Å². The summed E-state index contributed by atoms with van der Waals surface area (Å²) >= 11 is 11.9. The highest BCUT2D eigenvalue weighted by molar-refractivity contribution is 6.37. The summed E-state index contributed by atoms with van der Waals surface area (Å²) in [5.74, 6) is 0.164. The van der Waals surface area contributed by atoms with E-state index in [0.717, 1.165) is 6.20 Å². The maximum Gasteiger partial charge on any atom is 0.434 e. The standard InChI is InChI=1S/C11H7Cl2F3N2/c1-6-17-9(11(14,15)16)5-18(6)10-7(12)3-2-4-8(10)13/h2-5H,1H3. The van der Waals surface area contributed by atoms with Gasteiger partial charge in [-0.1, -0.05) is 29.3 Å². The lowest BCUT2D eigenvalue weighted by Gasteiger charge is -2.09. The molecule has 18 heavy (non-hydrogen) atoms. The normalized spacial score (nSPS) is 11.9. The molecule has 0 saturated carbocycles. The number of para-hydroxylation sites is 1. The fraction of sp³-hybridized carbons (Fsp3) is 0.182. The minimum Gasteiger partial charge on any atom is -0.300 e. The molecule has 1 aromatic carbocycles. The number of halogens is 5. The van der Waals surface area contributed by atoms with E-state index in [2.05, 4.69) is 4.98 Å². The van der Waals surface area contributed by atoms with E-state index < -0.39 is 11.9 Å². The Morgan fingerprint density at radius 1 is 1.17 bits per heavy atom. The molecule has 0 bridgehead atoms. The van der Waals surface area contributed by atoms with Crippen molar-refractivity contribution in [2.45, 2.75) is 13.1 Å². The zero-order valence-corrected chi connectivity index (χ0v) is 10.6. The van der Waals surface area contributed by atoms with Crippen LogP contribution in [-0.4, -0.2) is 9.55 Å². The number of hydrogen-bond acceptors (Lipinski definition) is 1. The smallest absolute Gasteiger partial charge is 0.300 e. The van der Waals surface area contributed by atoms with Crippen LogP contribution in [-0.2, 0) is 6.18 Å². The Morgan fingerprint density at radius 3 is 2.17 bits per heavy atom. The van der Waals surface area contributed by atoms with Gasteiger partial charge in [-0.15, -0.1) is 0 Å². The molecule has 0 spiro atoms. The molecule has 0 aliphatic carbocycles. The highest BCUT2D eigenvalue weighted by Crippen LogP contribution is 2.33. The minimum absolute atomic E-state index is 0.164. The molecule has 0 fully saturated rings. The van der Waals surface area contributed by atoms with Crippen LogP contribution in [0.25, 0.3) is 5.69 Å². The molecule has 0 amide bonds.